The third kappa shape index (κ3) is 2.39. The molecule has 22 heavy (non-hydrogen) atoms. The van der Waals surface area contributed by atoms with Crippen molar-refractivity contribution in [2.45, 2.75) is 25.0 Å². The standard InChI is InChI=1S/C15H21N5O2/c21-15(18-6-1-2-7-18)19-10-12-13(11-19)22-9-8-20(12)14-16-4-3-5-17-14/h3-5,12-13H,1-2,6-11H2/t12-,13+/m1/s1. The van der Waals surface area contributed by atoms with Gasteiger partial charge in [0.05, 0.1) is 25.3 Å². The molecule has 7 nitrogen and oxygen atoms in total. The van der Waals surface area contributed by atoms with Gasteiger partial charge in [-0.05, 0) is 18.9 Å². The van der Waals surface area contributed by atoms with Gasteiger partial charge >= 0.3 is 6.03 Å². The highest BCUT2D eigenvalue weighted by atomic mass is 16.5. The molecule has 7 heteroatoms. The van der Waals surface area contributed by atoms with Crippen molar-refractivity contribution >= 4 is 12.0 Å². The fourth-order valence-electron chi connectivity index (χ4n) is 3.64. The van der Waals surface area contributed by atoms with E-state index >= 15 is 0 Å². The van der Waals surface area contributed by atoms with E-state index in [2.05, 4.69) is 14.9 Å². The zero-order valence-corrected chi connectivity index (χ0v) is 12.6. The van der Waals surface area contributed by atoms with E-state index < -0.39 is 0 Å². The predicted molar refractivity (Wildman–Crippen MR) is 80.7 cm³/mol. The maximum Gasteiger partial charge on any atom is 0.320 e. The van der Waals surface area contributed by atoms with Crippen LogP contribution in [0.15, 0.2) is 18.5 Å². The summed E-state index contributed by atoms with van der Waals surface area (Å²) < 4.78 is 5.89. The molecule has 0 unspecified atom stereocenters. The summed E-state index contributed by atoms with van der Waals surface area (Å²) in [6.45, 7) is 4.57. The van der Waals surface area contributed by atoms with Gasteiger partial charge < -0.3 is 19.4 Å². The molecule has 0 spiro atoms. The number of carbonyl (C=O) groups is 1. The van der Waals surface area contributed by atoms with Crippen molar-refractivity contribution < 1.29 is 9.53 Å². The maximum absolute atomic E-state index is 12.6. The molecule has 1 aromatic heterocycles. The van der Waals surface area contributed by atoms with Crippen LogP contribution in [0.25, 0.3) is 0 Å². The van der Waals surface area contributed by atoms with Crippen LogP contribution in [0.5, 0.6) is 0 Å². The van der Waals surface area contributed by atoms with E-state index in [4.69, 9.17) is 4.74 Å². The maximum atomic E-state index is 12.6. The number of rotatable bonds is 1. The average Bonchev–Trinajstić information content (AvgIpc) is 3.24. The lowest BCUT2D eigenvalue weighted by Gasteiger charge is -2.36. The molecular formula is C15H21N5O2. The zero-order valence-electron chi connectivity index (χ0n) is 12.6. The van der Waals surface area contributed by atoms with E-state index in [9.17, 15) is 4.79 Å². The van der Waals surface area contributed by atoms with E-state index in [0.717, 1.165) is 38.4 Å². The molecule has 0 radical (unpaired) electrons. The number of hydrogen-bond donors (Lipinski definition) is 0. The molecule has 3 saturated heterocycles. The summed E-state index contributed by atoms with van der Waals surface area (Å²) in [5.41, 5.74) is 0. The summed E-state index contributed by atoms with van der Waals surface area (Å²) in [7, 11) is 0. The smallest absolute Gasteiger partial charge is 0.320 e. The SMILES string of the molecule is O=C(N1CCCC1)N1C[C@@H]2OCCN(c3ncccn3)[C@@H]2C1. The van der Waals surface area contributed by atoms with Crippen LogP contribution in [0.2, 0.25) is 0 Å². The van der Waals surface area contributed by atoms with Crippen LogP contribution in [-0.4, -0.2) is 77.3 Å². The van der Waals surface area contributed by atoms with Crippen LogP contribution in [-0.2, 0) is 4.74 Å². The number of hydrogen-bond acceptors (Lipinski definition) is 5. The van der Waals surface area contributed by atoms with Crippen LogP contribution in [0.4, 0.5) is 10.7 Å². The topological polar surface area (TPSA) is 61.8 Å². The fraction of sp³-hybridized carbons (Fsp3) is 0.667. The Balaban J connectivity index is 1.49. The first-order chi connectivity index (χ1) is 10.8. The Hall–Kier alpha value is -1.89. The molecule has 0 bridgehead atoms. The van der Waals surface area contributed by atoms with Crippen molar-refractivity contribution in [3.8, 4) is 0 Å². The van der Waals surface area contributed by atoms with Crippen molar-refractivity contribution in [2.75, 3.05) is 44.2 Å². The minimum Gasteiger partial charge on any atom is -0.372 e. The number of likely N-dealkylation sites (tertiary alicyclic amines) is 2. The van der Waals surface area contributed by atoms with Gasteiger partial charge in [0.2, 0.25) is 5.95 Å². The summed E-state index contributed by atoms with van der Waals surface area (Å²) in [6.07, 6.45) is 5.81. The monoisotopic (exact) mass is 303 g/mol. The summed E-state index contributed by atoms with van der Waals surface area (Å²) in [6, 6.07) is 2.13. The zero-order chi connectivity index (χ0) is 14.9. The molecule has 3 fully saturated rings. The highest BCUT2D eigenvalue weighted by Crippen LogP contribution is 2.26. The molecule has 3 aliphatic rings. The lowest BCUT2D eigenvalue weighted by atomic mass is 10.1. The number of fused-ring (bicyclic) bond motifs is 1. The van der Waals surface area contributed by atoms with Gasteiger partial charge in [0.15, 0.2) is 0 Å². The van der Waals surface area contributed by atoms with Gasteiger partial charge in [0.25, 0.3) is 0 Å². The third-order valence-corrected chi connectivity index (χ3v) is 4.76. The molecule has 4 rings (SSSR count). The lowest BCUT2D eigenvalue weighted by Crippen LogP contribution is -2.51. The van der Waals surface area contributed by atoms with Crippen molar-refractivity contribution in [1.29, 1.82) is 0 Å². The summed E-state index contributed by atoms with van der Waals surface area (Å²) >= 11 is 0. The second-order valence-corrected chi connectivity index (χ2v) is 6.10. The Morgan fingerprint density at radius 1 is 1.09 bits per heavy atom. The minimum absolute atomic E-state index is 0.0594. The van der Waals surface area contributed by atoms with Gasteiger partial charge in [0.1, 0.15) is 0 Å². The molecule has 2 atom stereocenters. The largest absolute Gasteiger partial charge is 0.372 e. The lowest BCUT2D eigenvalue weighted by molar-refractivity contribution is 0.0309. The van der Waals surface area contributed by atoms with Crippen LogP contribution in [0, 0.1) is 0 Å². The first-order valence-electron chi connectivity index (χ1n) is 8.02. The fourth-order valence-corrected chi connectivity index (χ4v) is 3.64. The summed E-state index contributed by atoms with van der Waals surface area (Å²) in [5.74, 6) is 0.733. The molecule has 0 aliphatic carbocycles. The molecule has 4 heterocycles. The van der Waals surface area contributed by atoms with Crippen molar-refractivity contribution in [1.82, 2.24) is 19.8 Å². The number of morpholine rings is 1. The van der Waals surface area contributed by atoms with Crippen LogP contribution < -0.4 is 4.90 Å². The Bertz CT molecular complexity index is 534. The highest BCUT2D eigenvalue weighted by Gasteiger charge is 2.43. The molecule has 1 aromatic rings. The molecule has 0 N–H and O–H groups in total. The van der Waals surface area contributed by atoms with Crippen LogP contribution in [0.3, 0.4) is 0 Å². The normalized spacial score (nSPS) is 28.1. The van der Waals surface area contributed by atoms with Crippen molar-refractivity contribution in [3.05, 3.63) is 18.5 Å². The van der Waals surface area contributed by atoms with E-state index in [1.807, 2.05) is 15.9 Å². The predicted octanol–water partition coefficient (Wildman–Crippen LogP) is 0.582. The Morgan fingerprint density at radius 2 is 1.86 bits per heavy atom. The molecule has 2 amide bonds. The minimum atomic E-state index is 0.0594. The third-order valence-electron chi connectivity index (χ3n) is 4.76. The van der Waals surface area contributed by atoms with Crippen LogP contribution >= 0.6 is 0 Å². The van der Waals surface area contributed by atoms with E-state index in [-0.39, 0.29) is 18.2 Å². The Labute approximate surface area is 129 Å². The summed E-state index contributed by atoms with van der Waals surface area (Å²) in [4.78, 5) is 27.4. The van der Waals surface area contributed by atoms with Gasteiger partial charge in [-0.1, -0.05) is 0 Å². The Morgan fingerprint density at radius 3 is 2.64 bits per heavy atom. The summed E-state index contributed by atoms with van der Waals surface area (Å²) in [5, 5.41) is 0. The number of carbonyl (C=O) groups excluding carboxylic acids is 1. The quantitative estimate of drug-likeness (QED) is 0.759. The number of anilines is 1. The number of amides is 2. The second-order valence-electron chi connectivity index (χ2n) is 6.10. The van der Waals surface area contributed by atoms with Gasteiger partial charge in [-0.15, -0.1) is 0 Å². The molecule has 0 aromatic carbocycles. The molecule has 0 saturated carbocycles. The van der Waals surface area contributed by atoms with Gasteiger partial charge in [-0.2, -0.15) is 0 Å². The van der Waals surface area contributed by atoms with Gasteiger partial charge in [-0.25, -0.2) is 14.8 Å². The van der Waals surface area contributed by atoms with Gasteiger partial charge in [0, 0.05) is 38.6 Å². The first kappa shape index (κ1) is 13.8. The van der Waals surface area contributed by atoms with E-state index in [1.54, 1.807) is 12.4 Å². The Kier molecular flexibility index (Phi) is 3.57. The number of urea groups is 1. The van der Waals surface area contributed by atoms with E-state index in [0.29, 0.717) is 19.7 Å². The van der Waals surface area contributed by atoms with Gasteiger partial charge in [-0.3, -0.25) is 0 Å². The van der Waals surface area contributed by atoms with Crippen LogP contribution in [0.1, 0.15) is 12.8 Å². The molecule has 118 valence electrons. The van der Waals surface area contributed by atoms with Crippen molar-refractivity contribution in [2.24, 2.45) is 0 Å². The molecule has 3 aliphatic heterocycles. The van der Waals surface area contributed by atoms with Crippen molar-refractivity contribution in [3.63, 3.8) is 0 Å². The second kappa shape index (κ2) is 5.72. The highest BCUT2D eigenvalue weighted by molar-refractivity contribution is 5.75. The number of aromatic nitrogens is 2. The average molecular weight is 303 g/mol. The number of ether oxygens (including phenoxy) is 1. The molecular weight excluding hydrogens is 282 g/mol. The number of nitrogens with zero attached hydrogens (tertiary/aromatic N) is 5. The van der Waals surface area contributed by atoms with E-state index in [1.165, 1.54) is 0 Å². The first-order valence-corrected chi connectivity index (χ1v) is 8.02.